The van der Waals surface area contributed by atoms with Crippen LogP contribution < -0.4 is 10.2 Å². The largest absolute Gasteiger partial charge is 0.348 e. The van der Waals surface area contributed by atoms with E-state index in [1.807, 2.05) is 34.9 Å². The van der Waals surface area contributed by atoms with Gasteiger partial charge in [0.2, 0.25) is 5.82 Å². The summed E-state index contributed by atoms with van der Waals surface area (Å²) in [6.45, 7) is 0.739. The van der Waals surface area contributed by atoms with Crippen LogP contribution in [0.2, 0.25) is 0 Å². The summed E-state index contributed by atoms with van der Waals surface area (Å²) in [5.74, 6) is 0.0777. The molecule has 1 aromatic carbocycles. The number of imidazole rings is 1. The summed E-state index contributed by atoms with van der Waals surface area (Å²) < 4.78 is 1.97. The number of fused-ring (bicyclic) bond motifs is 1. The number of aromatic nitrogens is 2. The molecule has 1 saturated carbocycles. The van der Waals surface area contributed by atoms with E-state index in [1.54, 1.807) is 11.9 Å². The molecule has 154 valence electrons. The molecule has 1 aliphatic heterocycles. The minimum atomic E-state index is -0.173. The van der Waals surface area contributed by atoms with Crippen molar-refractivity contribution in [2.75, 3.05) is 11.9 Å². The predicted octanol–water partition coefficient (Wildman–Crippen LogP) is 3.95. The summed E-state index contributed by atoms with van der Waals surface area (Å²) in [6.07, 6.45) is 9.71. The lowest BCUT2D eigenvalue weighted by molar-refractivity contribution is 0.0927. The first-order valence-electron chi connectivity index (χ1n) is 10.9. The van der Waals surface area contributed by atoms with Crippen molar-refractivity contribution in [2.24, 2.45) is 0 Å². The molecule has 0 spiro atoms. The number of hydrogen-bond donors (Lipinski definition) is 1. The van der Waals surface area contributed by atoms with Crippen molar-refractivity contribution < 1.29 is 9.59 Å². The van der Waals surface area contributed by atoms with Crippen molar-refractivity contribution in [3.8, 4) is 0 Å². The summed E-state index contributed by atoms with van der Waals surface area (Å²) in [4.78, 5) is 32.5. The zero-order valence-corrected chi connectivity index (χ0v) is 17.2. The Bertz CT molecular complexity index is 867. The van der Waals surface area contributed by atoms with Gasteiger partial charge in [-0.3, -0.25) is 9.59 Å². The second-order valence-corrected chi connectivity index (χ2v) is 8.20. The Kier molecular flexibility index (Phi) is 5.97. The van der Waals surface area contributed by atoms with Crippen LogP contribution in [0.5, 0.6) is 0 Å². The number of amides is 2. The van der Waals surface area contributed by atoms with Crippen molar-refractivity contribution in [1.82, 2.24) is 14.9 Å². The lowest BCUT2D eigenvalue weighted by atomic mass is 10.1. The predicted molar refractivity (Wildman–Crippen MR) is 113 cm³/mol. The van der Waals surface area contributed by atoms with Gasteiger partial charge in [0.15, 0.2) is 0 Å². The molecule has 2 aliphatic rings. The van der Waals surface area contributed by atoms with E-state index in [4.69, 9.17) is 0 Å². The fourth-order valence-electron chi connectivity index (χ4n) is 4.48. The van der Waals surface area contributed by atoms with Gasteiger partial charge in [0, 0.05) is 25.3 Å². The Morgan fingerprint density at radius 1 is 1.03 bits per heavy atom. The number of rotatable bonds is 4. The number of nitrogens with one attached hydrogen (secondary N) is 1. The van der Waals surface area contributed by atoms with Crippen LogP contribution in [-0.2, 0) is 13.0 Å². The molecule has 4 rings (SSSR count). The summed E-state index contributed by atoms with van der Waals surface area (Å²) in [5, 5.41) is 3.20. The molecule has 1 aliphatic carbocycles. The number of anilines is 1. The molecule has 1 aromatic heterocycles. The lowest BCUT2D eigenvalue weighted by Gasteiger charge is -2.20. The summed E-state index contributed by atoms with van der Waals surface area (Å²) >= 11 is 0. The lowest BCUT2D eigenvalue weighted by Crippen LogP contribution is -2.35. The molecule has 1 fully saturated rings. The first-order chi connectivity index (χ1) is 14.1. The van der Waals surface area contributed by atoms with Gasteiger partial charge in [-0.1, -0.05) is 43.9 Å². The highest BCUT2D eigenvalue weighted by Gasteiger charge is 2.30. The Labute approximate surface area is 172 Å². The van der Waals surface area contributed by atoms with Gasteiger partial charge in [0.25, 0.3) is 11.8 Å². The van der Waals surface area contributed by atoms with Gasteiger partial charge in [0.1, 0.15) is 5.69 Å². The van der Waals surface area contributed by atoms with Crippen LogP contribution in [-0.4, -0.2) is 34.5 Å². The van der Waals surface area contributed by atoms with E-state index in [0.717, 1.165) is 62.9 Å². The van der Waals surface area contributed by atoms with Crippen molar-refractivity contribution in [1.29, 1.82) is 0 Å². The van der Waals surface area contributed by atoms with Crippen LogP contribution in [0, 0.1) is 0 Å². The van der Waals surface area contributed by atoms with Crippen LogP contribution in [0.1, 0.15) is 78.2 Å². The van der Waals surface area contributed by atoms with Gasteiger partial charge in [-0.25, -0.2) is 4.98 Å². The highest BCUT2D eigenvalue weighted by atomic mass is 16.2. The van der Waals surface area contributed by atoms with E-state index in [0.29, 0.717) is 11.5 Å². The molecule has 2 heterocycles. The molecule has 6 nitrogen and oxygen atoms in total. The van der Waals surface area contributed by atoms with Crippen molar-refractivity contribution in [3.63, 3.8) is 0 Å². The van der Waals surface area contributed by atoms with Crippen LogP contribution in [0.15, 0.2) is 30.3 Å². The fourth-order valence-corrected chi connectivity index (χ4v) is 4.48. The minimum Gasteiger partial charge on any atom is -0.348 e. The zero-order valence-electron chi connectivity index (χ0n) is 17.2. The highest BCUT2D eigenvalue weighted by Crippen LogP contribution is 2.24. The standard InChI is InChI=1S/C23H30N4O2/c1-26(18-13-7-4-8-14-18)23(29)21-25-20(19-15-9-10-16-27(19)21)22(28)24-17-11-5-2-3-6-12-17/h4,7-8,13-14,17H,2-3,5-6,9-12,15-16H2,1H3,(H,24,28). The van der Waals surface area contributed by atoms with Gasteiger partial charge >= 0.3 is 0 Å². The monoisotopic (exact) mass is 394 g/mol. The fraction of sp³-hybridized carbons (Fsp3) is 0.522. The maximum atomic E-state index is 13.2. The molecule has 0 saturated heterocycles. The maximum absolute atomic E-state index is 13.2. The number of para-hydroxylation sites is 1. The average Bonchev–Trinajstić information content (AvgIpc) is 2.96. The summed E-state index contributed by atoms with van der Waals surface area (Å²) in [6, 6.07) is 9.76. The van der Waals surface area contributed by atoms with Crippen molar-refractivity contribution in [3.05, 3.63) is 47.5 Å². The zero-order chi connectivity index (χ0) is 20.2. The maximum Gasteiger partial charge on any atom is 0.294 e. The van der Waals surface area contributed by atoms with Crippen LogP contribution in [0.4, 0.5) is 5.69 Å². The average molecular weight is 395 g/mol. The SMILES string of the molecule is CN(C(=O)c1nc(C(=O)NC2CCCCCC2)c2n1CCCC2)c1ccccc1. The number of hydrogen-bond acceptors (Lipinski definition) is 3. The molecular weight excluding hydrogens is 364 g/mol. The Hall–Kier alpha value is -2.63. The molecular formula is C23H30N4O2. The molecule has 6 heteroatoms. The number of nitrogens with zero attached hydrogens (tertiary/aromatic N) is 3. The summed E-state index contributed by atoms with van der Waals surface area (Å²) in [7, 11) is 1.76. The van der Waals surface area contributed by atoms with Gasteiger partial charge < -0.3 is 14.8 Å². The van der Waals surface area contributed by atoms with Gasteiger partial charge in [-0.15, -0.1) is 0 Å². The van der Waals surface area contributed by atoms with Crippen molar-refractivity contribution in [2.45, 2.75) is 70.4 Å². The molecule has 0 atom stereocenters. The Morgan fingerprint density at radius 3 is 2.48 bits per heavy atom. The first-order valence-corrected chi connectivity index (χ1v) is 10.9. The minimum absolute atomic E-state index is 0.121. The third-order valence-electron chi connectivity index (χ3n) is 6.16. The normalized spacial score (nSPS) is 17.3. The molecule has 2 aromatic rings. The molecule has 29 heavy (non-hydrogen) atoms. The van der Waals surface area contributed by atoms with Crippen molar-refractivity contribution >= 4 is 17.5 Å². The number of benzene rings is 1. The molecule has 0 unspecified atom stereocenters. The van der Waals surface area contributed by atoms with E-state index in [1.165, 1.54) is 12.8 Å². The second-order valence-electron chi connectivity index (χ2n) is 8.20. The quantitative estimate of drug-likeness (QED) is 0.799. The smallest absolute Gasteiger partial charge is 0.294 e. The topological polar surface area (TPSA) is 67.2 Å². The molecule has 2 amide bonds. The summed E-state index contributed by atoms with van der Waals surface area (Å²) in [5.41, 5.74) is 2.17. The second kappa shape index (κ2) is 8.80. The number of carbonyl (C=O) groups excluding carboxylic acids is 2. The van der Waals surface area contributed by atoms with E-state index in [-0.39, 0.29) is 17.9 Å². The Morgan fingerprint density at radius 2 is 1.76 bits per heavy atom. The van der Waals surface area contributed by atoms with E-state index < -0.39 is 0 Å². The van der Waals surface area contributed by atoms with Crippen LogP contribution >= 0.6 is 0 Å². The third kappa shape index (κ3) is 4.21. The van der Waals surface area contributed by atoms with Gasteiger partial charge in [-0.05, 0) is 44.2 Å². The van der Waals surface area contributed by atoms with E-state index >= 15 is 0 Å². The van der Waals surface area contributed by atoms with E-state index in [9.17, 15) is 9.59 Å². The highest BCUT2D eigenvalue weighted by molar-refractivity contribution is 6.05. The van der Waals surface area contributed by atoms with Gasteiger partial charge in [-0.2, -0.15) is 0 Å². The number of carbonyl (C=O) groups is 2. The first kappa shape index (κ1) is 19.7. The third-order valence-corrected chi connectivity index (χ3v) is 6.16. The molecule has 1 N–H and O–H groups in total. The van der Waals surface area contributed by atoms with Crippen LogP contribution in [0.25, 0.3) is 0 Å². The van der Waals surface area contributed by atoms with Gasteiger partial charge in [0.05, 0.1) is 5.69 Å². The van der Waals surface area contributed by atoms with E-state index in [2.05, 4.69) is 10.3 Å². The van der Waals surface area contributed by atoms with Crippen LogP contribution in [0.3, 0.4) is 0 Å². The molecule has 0 bridgehead atoms. The Balaban J connectivity index is 1.60. The molecule has 0 radical (unpaired) electrons.